The highest BCUT2D eigenvalue weighted by molar-refractivity contribution is 6.36. The van der Waals surface area contributed by atoms with Gasteiger partial charge in [-0.15, -0.1) is 0 Å². The molecule has 34 heavy (non-hydrogen) atoms. The fourth-order valence-corrected chi connectivity index (χ4v) is 5.53. The highest BCUT2D eigenvalue weighted by atomic mass is 35.5. The molecule has 4 nitrogen and oxygen atoms in total. The third kappa shape index (κ3) is 4.30. The number of aryl methyl sites for hydroxylation is 1. The number of methoxy groups -OCH3 is 1. The van der Waals surface area contributed by atoms with E-state index in [0.717, 1.165) is 42.4 Å². The topological polar surface area (TPSA) is 50.4 Å². The first-order valence-corrected chi connectivity index (χ1v) is 12.2. The zero-order chi connectivity index (χ0) is 23.7. The van der Waals surface area contributed by atoms with Gasteiger partial charge in [-0.1, -0.05) is 60.1 Å². The van der Waals surface area contributed by atoms with Crippen LogP contribution in [0, 0.1) is 5.82 Å². The van der Waals surface area contributed by atoms with E-state index in [9.17, 15) is 4.79 Å². The molecule has 2 aliphatic rings. The van der Waals surface area contributed by atoms with Crippen molar-refractivity contribution in [2.24, 2.45) is 0 Å². The lowest BCUT2D eigenvalue weighted by Gasteiger charge is -2.17. The van der Waals surface area contributed by atoms with Crippen LogP contribution in [0.1, 0.15) is 36.0 Å². The predicted octanol–water partition coefficient (Wildman–Crippen LogP) is 5.68. The molecule has 0 unspecified atom stereocenters. The summed E-state index contributed by atoms with van der Waals surface area (Å²) in [7, 11) is 1.48. The molecule has 3 aromatic rings. The average Bonchev–Trinajstić information content (AvgIpc) is 3.48. The van der Waals surface area contributed by atoms with E-state index < -0.39 is 5.82 Å². The van der Waals surface area contributed by atoms with E-state index in [-0.39, 0.29) is 17.7 Å². The van der Waals surface area contributed by atoms with E-state index in [4.69, 9.17) is 16.3 Å². The number of rotatable bonds is 7. The SMILES string of the molecule is COc1c(CNC[C@@H]2CCC(=O)N2)ccc(-c2cccc(-c3cccc4c3CCC4)c2Cl)c1F. The van der Waals surface area contributed by atoms with Crippen molar-refractivity contribution in [2.45, 2.75) is 44.7 Å². The highest BCUT2D eigenvalue weighted by Crippen LogP contribution is 2.42. The van der Waals surface area contributed by atoms with Gasteiger partial charge < -0.3 is 15.4 Å². The van der Waals surface area contributed by atoms with Gasteiger partial charge in [0.05, 0.1) is 12.1 Å². The second kappa shape index (κ2) is 9.77. The summed E-state index contributed by atoms with van der Waals surface area (Å²) in [6.07, 6.45) is 4.66. The Labute approximate surface area is 204 Å². The normalized spacial score (nSPS) is 17.0. The molecule has 1 fully saturated rings. The van der Waals surface area contributed by atoms with Crippen LogP contribution in [0.3, 0.4) is 0 Å². The smallest absolute Gasteiger partial charge is 0.220 e. The van der Waals surface area contributed by atoms with Crippen LogP contribution >= 0.6 is 11.6 Å². The molecular formula is C28H28ClFN2O2. The van der Waals surface area contributed by atoms with Gasteiger partial charge in [-0.05, 0) is 42.4 Å². The Morgan fingerprint density at radius 1 is 1.03 bits per heavy atom. The minimum absolute atomic E-state index is 0.0827. The van der Waals surface area contributed by atoms with Gasteiger partial charge in [-0.25, -0.2) is 4.39 Å². The lowest BCUT2D eigenvalue weighted by Crippen LogP contribution is -2.35. The van der Waals surface area contributed by atoms with Crippen LogP contribution < -0.4 is 15.4 Å². The average molecular weight is 479 g/mol. The van der Waals surface area contributed by atoms with Crippen molar-refractivity contribution in [1.29, 1.82) is 0 Å². The number of hydrogen-bond acceptors (Lipinski definition) is 3. The Kier molecular flexibility index (Phi) is 6.57. The van der Waals surface area contributed by atoms with Gasteiger partial charge in [-0.3, -0.25) is 4.79 Å². The maximum absolute atomic E-state index is 15.7. The molecule has 0 aromatic heterocycles. The summed E-state index contributed by atoms with van der Waals surface area (Å²) >= 11 is 6.90. The van der Waals surface area contributed by atoms with E-state index >= 15 is 4.39 Å². The first-order valence-electron chi connectivity index (χ1n) is 11.8. The van der Waals surface area contributed by atoms with Crippen LogP contribution in [0.4, 0.5) is 4.39 Å². The summed E-state index contributed by atoms with van der Waals surface area (Å²) in [4.78, 5) is 11.4. The van der Waals surface area contributed by atoms with Gasteiger partial charge in [0, 0.05) is 47.8 Å². The molecule has 0 saturated carbocycles. The van der Waals surface area contributed by atoms with Crippen molar-refractivity contribution in [2.75, 3.05) is 13.7 Å². The third-order valence-corrected chi connectivity index (χ3v) is 7.31. The molecule has 0 bridgehead atoms. The van der Waals surface area contributed by atoms with Crippen LogP contribution in [-0.2, 0) is 24.2 Å². The molecule has 1 aliphatic carbocycles. The van der Waals surface area contributed by atoms with Gasteiger partial charge in [0.1, 0.15) is 0 Å². The Morgan fingerprint density at radius 2 is 1.79 bits per heavy atom. The first kappa shape index (κ1) is 22.9. The minimum atomic E-state index is -0.423. The Hall–Kier alpha value is -2.89. The fourth-order valence-electron chi connectivity index (χ4n) is 5.20. The van der Waals surface area contributed by atoms with E-state index in [0.29, 0.717) is 35.7 Å². The summed E-state index contributed by atoms with van der Waals surface area (Å²) in [5, 5.41) is 6.78. The fraction of sp³-hybridized carbons (Fsp3) is 0.321. The van der Waals surface area contributed by atoms with Crippen molar-refractivity contribution >= 4 is 17.5 Å². The summed E-state index contributed by atoms with van der Waals surface area (Å²) < 4.78 is 21.1. The number of ether oxygens (including phenoxy) is 1. The van der Waals surface area contributed by atoms with E-state index in [1.165, 1.54) is 18.2 Å². The second-order valence-electron chi connectivity index (χ2n) is 9.02. The summed E-state index contributed by atoms with van der Waals surface area (Å²) in [5.41, 5.74) is 6.58. The number of carbonyl (C=O) groups is 1. The van der Waals surface area contributed by atoms with Crippen molar-refractivity contribution in [3.05, 3.63) is 76.1 Å². The maximum Gasteiger partial charge on any atom is 0.220 e. The van der Waals surface area contributed by atoms with Gasteiger partial charge in [-0.2, -0.15) is 0 Å². The zero-order valence-corrected chi connectivity index (χ0v) is 20.0. The molecular weight excluding hydrogens is 451 g/mol. The zero-order valence-electron chi connectivity index (χ0n) is 19.2. The molecule has 1 amide bonds. The van der Waals surface area contributed by atoms with Crippen molar-refractivity contribution in [3.8, 4) is 28.0 Å². The Balaban J connectivity index is 1.43. The molecule has 0 radical (unpaired) electrons. The first-order chi connectivity index (χ1) is 16.6. The number of fused-ring (bicyclic) bond motifs is 1. The number of carbonyl (C=O) groups excluding carboxylic acids is 1. The molecule has 2 N–H and O–H groups in total. The molecule has 1 atom stereocenters. The third-order valence-electron chi connectivity index (χ3n) is 6.90. The van der Waals surface area contributed by atoms with E-state index in [1.54, 1.807) is 6.07 Å². The molecule has 176 valence electrons. The Bertz CT molecular complexity index is 1240. The quantitative estimate of drug-likeness (QED) is 0.459. The molecule has 6 heteroatoms. The Morgan fingerprint density at radius 3 is 2.56 bits per heavy atom. The van der Waals surface area contributed by atoms with Crippen LogP contribution in [0.25, 0.3) is 22.3 Å². The number of hydrogen-bond donors (Lipinski definition) is 2. The maximum atomic E-state index is 15.7. The summed E-state index contributed by atoms with van der Waals surface area (Å²) in [5.74, 6) is -0.129. The molecule has 1 heterocycles. The number of amides is 1. The molecule has 1 aliphatic heterocycles. The monoisotopic (exact) mass is 478 g/mol. The largest absolute Gasteiger partial charge is 0.493 e. The second-order valence-corrected chi connectivity index (χ2v) is 9.40. The summed E-state index contributed by atoms with van der Waals surface area (Å²) in [6.45, 7) is 1.07. The van der Waals surface area contributed by atoms with Gasteiger partial charge in [0.2, 0.25) is 5.91 Å². The van der Waals surface area contributed by atoms with Gasteiger partial charge in [0.25, 0.3) is 0 Å². The standard InChI is InChI=1S/C28H28ClFN2O2/c1-34-28-18(15-31-16-19-12-14-25(33)32-19)11-13-24(27(28)30)23-10-4-9-22(26(23)29)21-8-3-6-17-5-2-7-20(17)21/h3-4,6,8-11,13,19,31H,2,5,7,12,14-16H2,1H3,(H,32,33)/t19-/m0/s1. The molecule has 5 rings (SSSR count). The van der Waals surface area contributed by atoms with Crippen molar-refractivity contribution in [1.82, 2.24) is 10.6 Å². The molecule has 3 aromatic carbocycles. The van der Waals surface area contributed by atoms with Crippen LogP contribution in [-0.4, -0.2) is 25.6 Å². The summed E-state index contributed by atoms with van der Waals surface area (Å²) in [6, 6.07) is 15.9. The van der Waals surface area contributed by atoms with Crippen LogP contribution in [0.15, 0.2) is 48.5 Å². The minimum Gasteiger partial charge on any atom is -0.493 e. The van der Waals surface area contributed by atoms with Crippen LogP contribution in [0.2, 0.25) is 5.02 Å². The molecule has 1 saturated heterocycles. The number of halogens is 2. The molecule has 0 spiro atoms. The van der Waals surface area contributed by atoms with Crippen LogP contribution in [0.5, 0.6) is 5.75 Å². The van der Waals surface area contributed by atoms with E-state index in [1.807, 2.05) is 24.3 Å². The van der Waals surface area contributed by atoms with E-state index in [2.05, 4.69) is 28.8 Å². The van der Waals surface area contributed by atoms with Crippen molar-refractivity contribution < 1.29 is 13.9 Å². The van der Waals surface area contributed by atoms with Gasteiger partial charge in [0.15, 0.2) is 11.6 Å². The lowest BCUT2D eigenvalue weighted by atomic mass is 9.93. The lowest BCUT2D eigenvalue weighted by molar-refractivity contribution is -0.119. The number of benzene rings is 3. The predicted molar refractivity (Wildman–Crippen MR) is 134 cm³/mol. The number of nitrogens with one attached hydrogen (secondary N) is 2. The highest BCUT2D eigenvalue weighted by Gasteiger charge is 2.23. The van der Waals surface area contributed by atoms with Gasteiger partial charge >= 0.3 is 0 Å². The van der Waals surface area contributed by atoms with Crippen molar-refractivity contribution in [3.63, 3.8) is 0 Å².